The molecule has 25 heavy (non-hydrogen) atoms. The summed E-state index contributed by atoms with van der Waals surface area (Å²) in [4.78, 5) is 26.0. The maximum Gasteiger partial charge on any atom is 0.224 e. The van der Waals surface area contributed by atoms with Gasteiger partial charge in [0.15, 0.2) is 0 Å². The average Bonchev–Trinajstić information content (AvgIpc) is 2.96. The largest absolute Gasteiger partial charge is 0.355 e. The van der Waals surface area contributed by atoms with Gasteiger partial charge in [-0.3, -0.25) is 9.59 Å². The molecule has 1 fully saturated rings. The molecule has 0 bridgehead atoms. The molecule has 1 heterocycles. The van der Waals surface area contributed by atoms with E-state index in [-0.39, 0.29) is 30.0 Å². The van der Waals surface area contributed by atoms with Crippen molar-refractivity contribution in [2.75, 3.05) is 13.1 Å². The van der Waals surface area contributed by atoms with Gasteiger partial charge < -0.3 is 10.2 Å². The highest BCUT2D eigenvalue weighted by atomic mass is 19.1. The molecule has 4 nitrogen and oxygen atoms in total. The van der Waals surface area contributed by atoms with Crippen LogP contribution in [0.15, 0.2) is 54.6 Å². The van der Waals surface area contributed by atoms with E-state index in [1.54, 1.807) is 12.1 Å². The van der Waals surface area contributed by atoms with E-state index in [0.29, 0.717) is 26.1 Å². The molecule has 1 saturated heterocycles. The highest BCUT2D eigenvalue weighted by Gasteiger charge is 2.29. The molecule has 1 unspecified atom stereocenters. The zero-order valence-electron chi connectivity index (χ0n) is 14.0. The van der Waals surface area contributed by atoms with Gasteiger partial charge in [-0.15, -0.1) is 0 Å². The van der Waals surface area contributed by atoms with E-state index in [4.69, 9.17) is 0 Å². The molecule has 0 aliphatic carbocycles. The van der Waals surface area contributed by atoms with Crippen molar-refractivity contribution in [1.29, 1.82) is 0 Å². The Hall–Kier alpha value is -2.69. The first-order valence-electron chi connectivity index (χ1n) is 8.43. The standard InChI is InChI=1S/C20H21FN2O2/c21-18-8-6-15(7-9-18)10-19(24)22-12-17-11-20(25)23(14-17)13-16-4-2-1-3-5-16/h1-9,17H,10-14H2,(H,22,24). The predicted octanol–water partition coefficient (Wildman–Crippen LogP) is 2.53. The summed E-state index contributed by atoms with van der Waals surface area (Å²) in [5.74, 6) is -0.164. The highest BCUT2D eigenvalue weighted by molar-refractivity contribution is 5.80. The first kappa shape index (κ1) is 17.1. The molecule has 1 aliphatic heterocycles. The maximum atomic E-state index is 12.9. The minimum absolute atomic E-state index is 0.111. The SMILES string of the molecule is O=C(Cc1ccc(F)cc1)NCC1CC(=O)N(Cc2ccccc2)C1. The molecule has 3 rings (SSSR count). The number of hydrogen-bond acceptors (Lipinski definition) is 2. The first-order valence-corrected chi connectivity index (χ1v) is 8.43. The van der Waals surface area contributed by atoms with Gasteiger partial charge in [0.1, 0.15) is 5.82 Å². The number of nitrogens with one attached hydrogen (secondary N) is 1. The van der Waals surface area contributed by atoms with E-state index in [1.807, 2.05) is 35.2 Å². The molecule has 0 aromatic heterocycles. The van der Waals surface area contributed by atoms with Crippen LogP contribution in [0.4, 0.5) is 4.39 Å². The fraction of sp³-hybridized carbons (Fsp3) is 0.300. The number of hydrogen-bond donors (Lipinski definition) is 1. The van der Waals surface area contributed by atoms with Gasteiger partial charge in [0, 0.05) is 32.0 Å². The molecular formula is C20H21FN2O2. The van der Waals surface area contributed by atoms with Gasteiger partial charge in [0.2, 0.25) is 11.8 Å². The van der Waals surface area contributed by atoms with Gasteiger partial charge in [0.25, 0.3) is 0 Å². The Balaban J connectivity index is 1.45. The van der Waals surface area contributed by atoms with Crippen LogP contribution in [0.25, 0.3) is 0 Å². The lowest BCUT2D eigenvalue weighted by Gasteiger charge is -2.17. The Morgan fingerprint density at radius 1 is 1.08 bits per heavy atom. The Kier molecular flexibility index (Phi) is 5.43. The van der Waals surface area contributed by atoms with Crippen molar-refractivity contribution in [1.82, 2.24) is 10.2 Å². The number of benzene rings is 2. The summed E-state index contributed by atoms with van der Waals surface area (Å²) >= 11 is 0. The van der Waals surface area contributed by atoms with Gasteiger partial charge in [0.05, 0.1) is 6.42 Å². The number of rotatable bonds is 6. The number of carbonyl (C=O) groups is 2. The van der Waals surface area contributed by atoms with Crippen LogP contribution in [0.2, 0.25) is 0 Å². The van der Waals surface area contributed by atoms with E-state index in [0.717, 1.165) is 11.1 Å². The fourth-order valence-corrected chi connectivity index (χ4v) is 3.06. The van der Waals surface area contributed by atoms with Crippen LogP contribution in [0.3, 0.4) is 0 Å². The summed E-state index contributed by atoms with van der Waals surface area (Å²) in [6, 6.07) is 15.8. The topological polar surface area (TPSA) is 49.4 Å². The minimum atomic E-state index is -0.313. The van der Waals surface area contributed by atoms with E-state index in [2.05, 4.69) is 5.32 Å². The Bertz CT molecular complexity index is 731. The minimum Gasteiger partial charge on any atom is -0.355 e. The molecule has 2 aromatic rings. The first-order chi connectivity index (χ1) is 12.1. The average molecular weight is 340 g/mol. The van der Waals surface area contributed by atoms with Crippen molar-refractivity contribution < 1.29 is 14.0 Å². The van der Waals surface area contributed by atoms with Crippen molar-refractivity contribution in [3.05, 3.63) is 71.5 Å². The molecule has 130 valence electrons. The quantitative estimate of drug-likeness (QED) is 0.878. The molecular weight excluding hydrogens is 319 g/mol. The van der Waals surface area contributed by atoms with Crippen LogP contribution in [0, 0.1) is 11.7 Å². The van der Waals surface area contributed by atoms with E-state index >= 15 is 0 Å². The summed E-state index contributed by atoms with van der Waals surface area (Å²) in [6.07, 6.45) is 0.679. The van der Waals surface area contributed by atoms with Crippen LogP contribution in [-0.4, -0.2) is 29.8 Å². The van der Waals surface area contributed by atoms with E-state index < -0.39 is 0 Å². The molecule has 1 N–H and O–H groups in total. The second-order valence-electron chi connectivity index (χ2n) is 6.44. The van der Waals surface area contributed by atoms with Gasteiger partial charge in [-0.05, 0) is 23.3 Å². The monoisotopic (exact) mass is 340 g/mol. The van der Waals surface area contributed by atoms with Crippen LogP contribution >= 0.6 is 0 Å². The van der Waals surface area contributed by atoms with E-state index in [1.165, 1.54) is 12.1 Å². The number of carbonyl (C=O) groups excluding carboxylic acids is 2. The number of likely N-dealkylation sites (tertiary alicyclic amines) is 1. The Morgan fingerprint density at radius 3 is 2.52 bits per heavy atom. The number of halogens is 1. The number of amides is 2. The summed E-state index contributed by atoms with van der Waals surface area (Å²) in [5, 5.41) is 2.88. The van der Waals surface area contributed by atoms with Crippen LogP contribution in [0.5, 0.6) is 0 Å². The van der Waals surface area contributed by atoms with Crippen molar-refractivity contribution in [3.8, 4) is 0 Å². The summed E-state index contributed by atoms with van der Waals surface area (Å²) in [7, 11) is 0. The van der Waals surface area contributed by atoms with E-state index in [9.17, 15) is 14.0 Å². The lowest BCUT2D eigenvalue weighted by molar-refractivity contribution is -0.128. The second-order valence-corrected chi connectivity index (χ2v) is 6.44. The summed E-state index contributed by atoms with van der Waals surface area (Å²) in [6.45, 7) is 1.75. The summed E-state index contributed by atoms with van der Waals surface area (Å²) < 4.78 is 12.9. The zero-order valence-corrected chi connectivity index (χ0v) is 14.0. The molecule has 0 radical (unpaired) electrons. The molecule has 5 heteroatoms. The molecule has 0 saturated carbocycles. The lowest BCUT2D eigenvalue weighted by atomic mass is 10.1. The normalized spacial score (nSPS) is 16.9. The smallest absolute Gasteiger partial charge is 0.224 e. The van der Waals surface area contributed by atoms with Gasteiger partial charge in [-0.25, -0.2) is 4.39 Å². The highest BCUT2D eigenvalue weighted by Crippen LogP contribution is 2.19. The van der Waals surface area contributed by atoms with Gasteiger partial charge in [-0.2, -0.15) is 0 Å². The molecule has 0 spiro atoms. The molecule has 2 amide bonds. The van der Waals surface area contributed by atoms with Crippen LogP contribution in [0.1, 0.15) is 17.5 Å². The Labute approximate surface area is 146 Å². The van der Waals surface area contributed by atoms with Crippen LogP contribution < -0.4 is 5.32 Å². The third kappa shape index (κ3) is 4.89. The third-order valence-electron chi connectivity index (χ3n) is 4.38. The second kappa shape index (κ2) is 7.92. The zero-order chi connectivity index (χ0) is 17.6. The third-order valence-corrected chi connectivity index (χ3v) is 4.38. The molecule has 1 aliphatic rings. The molecule has 2 aromatic carbocycles. The lowest BCUT2D eigenvalue weighted by Crippen LogP contribution is -2.32. The summed E-state index contributed by atoms with van der Waals surface area (Å²) in [5.41, 5.74) is 1.88. The van der Waals surface area contributed by atoms with Crippen molar-refractivity contribution >= 4 is 11.8 Å². The van der Waals surface area contributed by atoms with Crippen LogP contribution in [-0.2, 0) is 22.6 Å². The van der Waals surface area contributed by atoms with Crippen molar-refractivity contribution in [3.63, 3.8) is 0 Å². The fourth-order valence-electron chi connectivity index (χ4n) is 3.06. The van der Waals surface area contributed by atoms with Gasteiger partial charge in [-0.1, -0.05) is 42.5 Å². The maximum absolute atomic E-state index is 12.9. The van der Waals surface area contributed by atoms with Crippen molar-refractivity contribution in [2.45, 2.75) is 19.4 Å². The number of nitrogens with zero attached hydrogens (tertiary/aromatic N) is 1. The molecule has 1 atom stereocenters. The Morgan fingerprint density at radius 2 is 1.80 bits per heavy atom. The van der Waals surface area contributed by atoms with Gasteiger partial charge >= 0.3 is 0 Å². The van der Waals surface area contributed by atoms with Crippen molar-refractivity contribution in [2.24, 2.45) is 5.92 Å². The predicted molar refractivity (Wildman–Crippen MR) is 93.1 cm³/mol.